The number of fused-ring (bicyclic) bond motifs is 1. The number of hydrogen-bond acceptors (Lipinski definition) is 4. The molecule has 2 heterocycles. The second-order valence-corrected chi connectivity index (χ2v) is 7.31. The Hall–Kier alpha value is -2.47. The molecular weight excluding hydrogens is 322 g/mol. The molecule has 0 aliphatic heterocycles. The van der Waals surface area contributed by atoms with Crippen LogP contribution >= 0.6 is 11.3 Å². The lowest BCUT2D eigenvalue weighted by molar-refractivity contribution is 0.103. The van der Waals surface area contributed by atoms with Crippen molar-refractivity contribution in [2.75, 3.05) is 5.32 Å². The molecule has 1 aromatic carbocycles. The Kier molecular flexibility index (Phi) is 4.24. The molecule has 124 valence electrons. The number of hydrogen-bond donors (Lipinski definition) is 2. The summed E-state index contributed by atoms with van der Waals surface area (Å²) < 4.78 is 0. The predicted octanol–water partition coefficient (Wildman–Crippen LogP) is 3.98. The average Bonchev–Trinajstić information content (AvgIpc) is 2.84. The second kappa shape index (κ2) is 6.20. The van der Waals surface area contributed by atoms with E-state index in [0.717, 1.165) is 27.2 Å². The van der Waals surface area contributed by atoms with Crippen molar-refractivity contribution in [3.8, 4) is 0 Å². The molecule has 0 spiro atoms. The number of aryl methyl sites for hydroxylation is 2. The number of aromatic nitrogens is 2. The quantitative estimate of drug-likeness (QED) is 0.757. The summed E-state index contributed by atoms with van der Waals surface area (Å²) in [6.07, 6.45) is 0. The van der Waals surface area contributed by atoms with Gasteiger partial charge in [0.1, 0.15) is 4.88 Å². The third kappa shape index (κ3) is 3.10. The fraction of sp³-hybridized carbons (Fsp3) is 0.278. The Morgan fingerprint density at radius 1 is 1.25 bits per heavy atom. The number of H-pyrrole nitrogens is 1. The van der Waals surface area contributed by atoms with Gasteiger partial charge in [-0.3, -0.25) is 9.59 Å². The van der Waals surface area contributed by atoms with Gasteiger partial charge in [-0.25, -0.2) is 4.98 Å². The SMILES string of the molecule is Cc1nc(C)c(C(=O)Nc2ccc3c(C(C)C)cc(=O)[nH]c3c2)s1. The van der Waals surface area contributed by atoms with E-state index in [1.807, 2.05) is 26.0 Å². The van der Waals surface area contributed by atoms with Crippen LogP contribution in [0.2, 0.25) is 0 Å². The Balaban J connectivity index is 1.98. The van der Waals surface area contributed by atoms with Crippen LogP contribution in [0.3, 0.4) is 0 Å². The van der Waals surface area contributed by atoms with Crippen LogP contribution in [0, 0.1) is 13.8 Å². The van der Waals surface area contributed by atoms with Gasteiger partial charge in [0.25, 0.3) is 5.91 Å². The normalized spacial score (nSPS) is 11.2. The molecule has 0 fully saturated rings. The summed E-state index contributed by atoms with van der Waals surface area (Å²) >= 11 is 1.37. The first-order valence-corrected chi connectivity index (χ1v) is 8.59. The first-order valence-electron chi connectivity index (χ1n) is 7.77. The Bertz CT molecular complexity index is 986. The minimum Gasteiger partial charge on any atom is -0.322 e. The van der Waals surface area contributed by atoms with Gasteiger partial charge in [-0.05, 0) is 37.5 Å². The van der Waals surface area contributed by atoms with E-state index < -0.39 is 0 Å². The van der Waals surface area contributed by atoms with E-state index in [9.17, 15) is 9.59 Å². The minimum atomic E-state index is -0.181. The smallest absolute Gasteiger partial charge is 0.267 e. The standard InChI is InChI=1S/C18H19N3O2S/c1-9(2)14-8-16(22)21-15-7-12(5-6-13(14)15)20-18(23)17-10(3)19-11(4)24-17/h5-9H,1-4H3,(H,20,23)(H,21,22). The molecule has 0 aliphatic carbocycles. The molecule has 0 radical (unpaired) electrons. The van der Waals surface area contributed by atoms with Crippen molar-refractivity contribution in [3.63, 3.8) is 0 Å². The highest BCUT2D eigenvalue weighted by molar-refractivity contribution is 7.13. The third-order valence-electron chi connectivity index (χ3n) is 3.86. The zero-order valence-electron chi connectivity index (χ0n) is 14.1. The summed E-state index contributed by atoms with van der Waals surface area (Å²) in [5.74, 6) is 0.0675. The van der Waals surface area contributed by atoms with Gasteiger partial charge in [0.2, 0.25) is 5.56 Å². The fourth-order valence-corrected chi connectivity index (χ4v) is 3.59. The summed E-state index contributed by atoms with van der Waals surface area (Å²) in [4.78, 5) is 32.0. The van der Waals surface area contributed by atoms with Crippen molar-refractivity contribution in [2.24, 2.45) is 0 Å². The lowest BCUT2D eigenvalue weighted by atomic mass is 9.99. The first kappa shape index (κ1) is 16.4. The van der Waals surface area contributed by atoms with Crippen LogP contribution in [0.25, 0.3) is 10.9 Å². The fourth-order valence-electron chi connectivity index (χ4n) is 2.77. The molecule has 0 atom stereocenters. The monoisotopic (exact) mass is 341 g/mol. The van der Waals surface area contributed by atoms with E-state index >= 15 is 0 Å². The van der Waals surface area contributed by atoms with Crippen molar-refractivity contribution in [3.05, 3.63) is 55.8 Å². The number of pyridine rings is 1. The summed E-state index contributed by atoms with van der Waals surface area (Å²) in [5, 5.41) is 4.74. The van der Waals surface area contributed by atoms with Crippen molar-refractivity contribution in [2.45, 2.75) is 33.6 Å². The number of carbonyl (C=O) groups excluding carboxylic acids is 1. The van der Waals surface area contributed by atoms with E-state index in [4.69, 9.17) is 0 Å². The van der Waals surface area contributed by atoms with Crippen LogP contribution in [0.5, 0.6) is 0 Å². The molecule has 0 saturated heterocycles. The predicted molar refractivity (Wildman–Crippen MR) is 98.2 cm³/mol. The number of rotatable bonds is 3. The zero-order chi connectivity index (χ0) is 17.4. The number of anilines is 1. The van der Waals surface area contributed by atoms with Gasteiger partial charge < -0.3 is 10.3 Å². The number of nitrogens with zero attached hydrogens (tertiary/aromatic N) is 1. The van der Waals surface area contributed by atoms with E-state index in [0.29, 0.717) is 10.6 Å². The van der Waals surface area contributed by atoms with Crippen LogP contribution in [-0.4, -0.2) is 15.9 Å². The first-order chi connectivity index (χ1) is 11.3. The van der Waals surface area contributed by atoms with Crippen molar-refractivity contribution < 1.29 is 4.79 Å². The summed E-state index contributed by atoms with van der Waals surface area (Å²) in [7, 11) is 0. The van der Waals surface area contributed by atoms with Crippen LogP contribution in [0.1, 0.15) is 45.7 Å². The highest BCUT2D eigenvalue weighted by atomic mass is 32.1. The molecule has 0 unspecified atom stereocenters. The van der Waals surface area contributed by atoms with Crippen LogP contribution in [0.15, 0.2) is 29.1 Å². The molecule has 1 amide bonds. The molecular formula is C18H19N3O2S. The zero-order valence-corrected chi connectivity index (χ0v) is 14.9. The Morgan fingerprint density at radius 3 is 2.62 bits per heavy atom. The molecule has 0 bridgehead atoms. The molecule has 3 rings (SSSR count). The summed E-state index contributed by atoms with van der Waals surface area (Å²) in [6.45, 7) is 7.81. The number of thiazole rings is 1. The van der Waals surface area contributed by atoms with E-state index in [1.165, 1.54) is 11.3 Å². The largest absolute Gasteiger partial charge is 0.322 e. The average molecular weight is 341 g/mol. The maximum atomic E-state index is 12.4. The number of benzene rings is 1. The van der Waals surface area contributed by atoms with E-state index in [-0.39, 0.29) is 17.4 Å². The number of amides is 1. The van der Waals surface area contributed by atoms with Gasteiger partial charge >= 0.3 is 0 Å². The molecule has 24 heavy (non-hydrogen) atoms. The maximum Gasteiger partial charge on any atom is 0.267 e. The number of nitrogens with one attached hydrogen (secondary N) is 2. The van der Waals surface area contributed by atoms with Gasteiger partial charge in [0.15, 0.2) is 0 Å². The van der Waals surface area contributed by atoms with Crippen LogP contribution < -0.4 is 10.9 Å². The molecule has 6 heteroatoms. The summed E-state index contributed by atoms with van der Waals surface area (Å²) in [6, 6.07) is 7.22. The highest BCUT2D eigenvalue weighted by Gasteiger charge is 2.14. The highest BCUT2D eigenvalue weighted by Crippen LogP contribution is 2.26. The summed E-state index contributed by atoms with van der Waals surface area (Å²) in [5.41, 5.74) is 2.96. The van der Waals surface area contributed by atoms with Crippen molar-refractivity contribution >= 4 is 33.8 Å². The lowest BCUT2D eigenvalue weighted by Gasteiger charge is -2.11. The van der Waals surface area contributed by atoms with Crippen molar-refractivity contribution in [1.82, 2.24) is 9.97 Å². The minimum absolute atomic E-state index is 0.136. The molecule has 0 aliphatic rings. The van der Waals surface area contributed by atoms with E-state index in [2.05, 4.69) is 29.1 Å². The topological polar surface area (TPSA) is 74.8 Å². The van der Waals surface area contributed by atoms with Crippen LogP contribution in [0.4, 0.5) is 5.69 Å². The van der Waals surface area contributed by atoms with E-state index in [1.54, 1.807) is 12.1 Å². The van der Waals surface area contributed by atoms with Gasteiger partial charge in [-0.1, -0.05) is 19.9 Å². The van der Waals surface area contributed by atoms with Gasteiger partial charge in [-0.15, -0.1) is 11.3 Å². The molecule has 2 aromatic heterocycles. The Labute approximate surface area is 143 Å². The Morgan fingerprint density at radius 2 is 2.00 bits per heavy atom. The number of carbonyl (C=O) groups is 1. The third-order valence-corrected chi connectivity index (χ3v) is 4.94. The van der Waals surface area contributed by atoms with Crippen LogP contribution in [-0.2, 0) is 0 Å². The van der Waals surface area contributed by atoms with Crippen molar-refractivity contribution in [1.29, 1.82) is 0 Å². The molecule has 0 saturated carbocycles. The second-order valence-electron chi connectivity index (χ2n) is 6.11. The van der Waals surface area contributed by atoms with Gasteiger partial charge in [0, 0.05) is 17.1 Å². The molecule has 5 nitrogen and oxygen atoms in total. The maximum absolute atomic E-state index is 12.4. The van der Waals surface area contributed by atoms with Gasteiger partial charge in [0.05, 0.1) is 16.2 Å². The number of aromatic amines is 1. The van der Waals surface area contributed by atoms with Gasteiger partial charge in [-0.2, -0.15) is 0 Å². The lowest BCUT2D eigenvalue weighted by Crippen LogP contribution is -2.12. The molecule has 2 N–H and O–H groups in total. The molecule has 3 aromatic rings.